The number of nitrogens with zero attached hydrogens (tertiary/aromatic N) is 1. The molecule has 1 rings (SSSR count). The number of carbonyl (C=O) groups is 1. The molecule has 0 unspecified atom stereocenters. The van der Waals surface area contributed by atoms with E-state index < -0.39 is 0 Å². The third-order valence-electron chi connectivity index (χ3n) is 1.78. The van der Waals surface area contributed by atoms with Crippen LogP contribution in [0, 0.1) is 11.3 Å². The number of carbonyl (C=O) groups excluding carboxylic acids is 1. The lowest BCUT2D eigenvalue weighted by atomic mass is 10.3. The van der Waals surface area contributed by atoms with Gasteiger partial charge in [0.25, 0.3) is 0 Å². The molecule has 0 saturated heterocycles. The molecule has 1 aromatic heterocycles. The normalized spacial score (nSPS) is 9.53. The Balaban J connectivity index is 2.02. The summed E-state index contributed by atoms with van der Waals surface area (Å²) in [7, 11) is 0. The van der Waals surface area contributed by atoms with Crippen LogP contribution in [0.3, 0.4) is 0 Å². The highest BCUT2D eigenvalue weighted by Gasteiger charge is 1.99. The number of amides is 1. The second kappa shape index (κ2) is 6.98. The van der Waals surface area contributed by atoms with Gasteiger partial charge in [-0.3, -0.25) is 4.79 Å². The van der Waals surface area contributed by atoms with Crippen molar-refractivity contribution in [3.05, 3.63) is 22.4 Å². The molecule has 0 bridgehead atoms. The maximum atomic E-state index is 11.0. The van der Waals surface area contributed by atoms with E-state index in [1.165, 1.54) is 4.88 Å². The number of hydrogen-bond donors (Lipinski definition) is 2. The van der Waals surface area contributed by atoms with E-state index in [-0.39, 0.29) is 19.0 Å². The molecule has 0 radical (unpaired) electrons. The standard InChI is InChI=1S/C10H13N3OS/c11-4-6-13-10(14)8-12-5-3-9-2-1-7-15-9/h1-2,7,12H,3,5-6,8H2,(H,13,14). The Kier molecular flexibility index (Phi) is 5.44. The molecular weight excluding hydrogens is 210 g/mol. The number of rotatable bonds is 6. The summed E-state index contributed by atoms with van der Waals surface area (Å²) in [4.78, 5) is 12.3. The van der Waals surface area contributed by atoms with Crippen LogP contribution in [-0.4, -0.2) is 25.5 Å². The first-order chi connectivity index (χ1) is 7.33. The molecule has 0 aliphatic heterocycles. The zero-order valence-electron chi connectivity index (χ0n) is 8.32. The molecule has 0 aliphatic rings. The van der Waals surface area contributed by atoms with Crippen molar-refractivity contribution in [1.82, 2.24) is 10.6 Å². The van der Waals surface area contributed by atoms with E-state index in [1.54, 1.807) is 11.3 Å². The third-order valence-corrected chi connectivity index (χ3v) is 2.71. The van der Waals surface area contributed by atoms with Crippen molar-refractivity contribution in [2.24, 2.45) is 0 Å². The Hall–Kier alpha value is -1.38. The molecule has 5 heteroatoms. The number of nitriles is 1. The van der Waals surface area contributed by atoms with Crippen molar-refractivity contribution in [2.45, 2.75) is 6.42 Å². The fourth-order valence-corrected chi connectivity index (χ4v) is 1.78. The molecule has 15 heavy (non-hydrogen) atoms. The zero-order valence-corrected chi connectivity index (χ0v) is 9.14. The molecule has 80 valence electrons. The molecule has 0 fully saturated rings. The predicted octanol–water partition coefficient (Wildman–Crippen LogP) is 0.520. The molecule has 0 atom stereocenters. The van der Waals surface area contributed by atoms with E-state index in [0.29, 0.717) is 0 Å². The van der Waals surface area contributed by atoms with Gasteiger partial charge in [0.1, 0.15) is 6.54 Å². The molecule has 0 spiro atoms. The fourth-order valence-electron chi connectivity index (χ4n) is 1.07. The maximum Gasteiger partial charge on any atom is 0.234 e. The SMILES string of the molecule is N#CCNC(=O)CNCCc1cccs1. The highest BCUT2D eigenvalue weighted by atomic mass is 32.1. The second-order valence-corrected chi connectivity index (χ2v) is 3.97. The third kappa shape index (κ3) is 5.15. The Labute approximate surface area is 92.9 Å². The zero-order chi connectivity index (χ0) is 10.9. The Morgan fingerprint density at radius 3 is 3.13 bits per heavy atom. The van der Waals surface area contributed by atoms with Crippen molar-refractivity contribution in [1.29, 1.82) is 5.26 Å². The lowest BCUT2D eigenvalue weighted by molar-refractivity contribution is -0.120. The molecule has 0 aromatic carbocycles. The van der Waals surface area contributed by atoms with E-state index in [0.717, 1.165) is 13.0 Å². The monoisotopic (exact) mass is 223 g/mol. The molecule has 0 saturated carbocycles. The molecule has 2 N–H and O–H groups in total. The van der Waals surface area contributed by atoms with Gasteiger partial charge in [-0.15, -0.1) is 11.3 Å². The van der Waals surface area contributed by atoms with E-state index in [9.17, 15) is 4.79 Å². The van der Waals surface area contributed by atoms with Crippen LogP contribution in [0.5, 0.6) is 0 Å². The lowest BCUT2D eigenvalue weighted by Crippen LogP contribution is -2.34. The van der Waals surface area contributed by atoms with Crippen molar-refractivity contribution in [3.63, 3.8) is 0 Å². The van der Waals surface area contributed by atoms with Gasteiger partial charge in [0.15, 0.2) is 0 Å². The predicted molar refractivity (Wildman–Crippen MR) is 59.5 cm³/mol. The van der Waals surface area contributed by atoms with Gasteiger partial charge in [-0.25, -0.2) is 0 Å². The first-order valence-corrected chi connectivity index (χ1v) is 5.57. The average molecular weight is 223 g/mol. The van der Waals surface area contributed by atoms with Gasteiger partial charge in [0.05, 0.1) is 12.6 Å². The van der Waals surface area contributed by atoms with E-state index in [4.69, 9.17) is 5.26 Å². The van der Waals surface area contributed by atoms with Gasteiger partial charge >= 0.3 is 0 Å². The number of nitrogens with one attached hydrogen (secondary N) is 2. The molecular formula is C10H13N3OS. The summed E-state index contributed by atoms with van der Waals surface area (Å²) in [5.41, 5.74) is 0. The molecule has 1 aromatic rings. The highest BCUT2D eigenvalue weighted by Crippen LogP contribution is 2.07. The quantitative estimate of drug-likeness (QED) is 0.546. The maximum absolute atomic E-state index is 11.0. The van der Waals surface area contributed by atoms with Gasteiger partial charge in [-0.2, -0.15) is 5.26 Å². The van der Waals surface area contributed by atoms with Crippen molar-refractivity contribution in [3.8, 4) is 6.07 Å². The van der Waals surface area contributed by atoms with E-state index in [2.05, 4.69) is 16.7 Å². The Morgan fingerprint density at radius 2 is 2.47 bits per heavy atom. The largest absolute Gasteiger partial charge is 0.342 e. The van der Waals surface area contributed by atoms with Crippen LogP contribution in [0.25, 0.3) is 0 Å². The van der Waals surface area contributed by atoms with E-state index in [1.807, 2.05) is 17.5 Å². The first kappa shape index (κ1) is 11.7. The Bertz CT molecular complexity index is 329. The van der Waals surface area contributed by atoms with Crippen LogP contribution in [0.1, 0.15) is 4.88 Å². The first-order valence-electron chi connectivity index (χ1n) is 4.69. The van der Waals surface area contributed by atoms with Crippen LogP contribution < -0.4 is 10.6 Å². The van der Waals surface area contributed by atoms with Crippen molar-refractivity contribution < 1.29 is 4.79 Å². The summed E-state index contributed by atoms with van der Waals surface area (Å²) in [5, 5.41) is 15.7. The van der Waals surface area contributed by atoms with Gasteiger partial charge in [-0.05, 0) is 17.9 Å². The van der Waals surface area contributed by atoms with Gasteiger partial charge in [-0.1, -0.05) is 6.07 Å². The Morgan fingerprint density at radius 1 is 1.60 bits per heavy atom. The lowest BCUT2D eigenvalue weighted by Gasteiger charge is -2.02. The van der Waals surface area contributed by atoms with E-state index >= 15 is 0 Å². The average Bonchev–Trinajstić information content (AvgIpc) is 2.74. The summed E-state index contributed by atoms with van der Waals surface area (Å²) in [6.07, 6.45) is 0.934. The van der Waals surface area contributed by atoms with Crippen molar-refractivity contribution >= 4 is 17.2 Å². The van der Waals surface area contributed by atoms with Crippen LogP contribution in [0.15, 0.2) is 17.5 Å². The van der Waals surface area contributed by atoms with Crippen LogP contribution in [-0.2, 0) is 11.2 Å². The molecule has 0 aliphatic carbocycles. The van der Waals surface area contributed by atoms with Gasteiger partial charge in [0, 0.05) is 11.4 Å². The summed E-state index contributed by atoms with van der Waals surface area (Å²) >= 11 is 1.71. The molecule has 4 nitrogen and oxygen atoms in total. The summed E-state index contributed by atoms with van der Waals surface area (Å²) < 4.78 is 0. The molecule has 1 heterocycles. The van der Waals surface area contributed by atoms with Crippen molar-refractivity contribution in [2.75, 3.05) is 19.6 Å². The number of thiophene rings is 1. The smallest absolute Gasteiger partial charge is 0.234 e. The van der Waals surface area contributed by atoms with Crippen LogP contribution >= 0.6 is 11.3 Å². The van der Waals surface area contributed by atoms with Crippen LogP contribution in [0.4, 0.5) is 0 Å². The minimum atomic E-state index is -0.136. The highest BCUT2D eigenvalue weighted by molar-refractivity contribution is 7.09. The van der Waals surface area contributed by atoms with Gasteiger partial charge < -0.3 is 10.6 Å². The summed E-state index contributed by atoms with van der Waals surface area (Å²) in [5.74, 6) is -0.136. The van der Waals surface area contributed by atoms with Crippen LogP contribution in [0.2, 0.25) is 0 Å². The summed E-state index contributed by atoms with van der Waals surface area (Å²) in [6.45, 7) is 1.12. The summed E-state index contributed by atoms with van der Waals surface area (Å²) in [6, 6.07) is 5.94. The topological polar surface area (TPSA) is 64.9 Å². The van der Waals surface area contributed by atoms with Gasteiger partial charge in [0.2, 0.25) is 5.91 Å². The molecule has 1 amide bonds. The minimum Gasteiger partial charge on any atom is -0.342 e. The fraction of sp³-hybridized carbons (Fsp3) is 0.400. The minimum absolute atomic E-state index is 0.0748. The number of hydrogen-bond acceptors (Lipinski definition) is 4. The second-order valence-electron chi connectivity index (χ2n) is 2.94.